The Morgan fingerprint density at radius 3 is 0.318 bits per heavy atom. The van der Waals surface area contributed by atoms with Crippen LogP contribution in [0.5, 0.6) is 0 Å². The van der Waals surface area contributed by atoms with E-state index in [1.165, 1.54) is 0 Å². The van der Waals surface area contributed by atoms with Crippen LogP contribution < -0.4 is 0 Å². The summed E-state index contributed by atoms with van der Waals surface area (Å²) in [6, 6.07) is 0. The van der Waals surface area contributed by atoms with Gasteiger partial charge in [0.15, 0.2) is 0 Å². The largest absolute Gasteiger partial charge is 0.412 e. The molecule has 0 radical (unpaired) electrons. The molecule has 160 valence electrons. The Hall–Kier alpha value is -0.740. The smallest absolute Gasteiger partial charge is 0.394 e. The lowest BCUT2D eigenvalue weighted by molar-refractivity contribution is 0.378. The fourth-order valence-electron chi connectivity index (χ4n) is 0. The molecule has 0 bridgehead atoms. The Bertz CT molecular complexity index is 206. The van der Waals surface area contributed by atoms with Gasteiger partial charge in [-0.05, 0) is 0 Å². The standard InChI is InChI=1S/2H2O4S.12H2O/c2*1-5(2,3)4;;;;;;;;;;;;/h2*(H2,1,2,3,4);12*1H2. The van der Waals surface area contributed by atoms with Gasteiger partial charge in [-0.3, -0.25) is 18.2 Å². The second-order valence-electron chi connectivity index (χ2n) is 0.896. The Kier molecular flexibility index (Phi) is 446. The average Bonchev–Trinajstić information content (AvgIpc) is 1.12. The van der Waals surface area contributed by atoms with Gasteiger partial charge >= 0.3 is 20.8 Å². The molecular formula is H28O20S2. The van der Waals surface area contributed by atoms with Crippen molar-refractivity contribution >= 4 is 20.8 Å². The fourth-order valence-corrected chi connectivity index (χ4v) is 0. The average molecular weight is 412 g/mol. The Labute approximate surface area is 122 Å². The van der Waals surface area contributed by atoms with Crippen molar-refractivity contribution in [2.45, 2.75) is 0 Å². The molecule has 0 heterocycles. The third-order valence-corrected chi connectivity index (χ3v) is 0. The molecule has 0 amide bonds. The van der Waals surface area contributed by atoms with E-state index in [9.17, 15) is 0 Å². The molecule has 22 heteroatoms. The molecule has 0 rings (SSSR count). The van der Waals surface area contributed by atoms with E-state index >= 15 is 0 Å². The predicted octanol–water partition coefficient (Wildman–Crippen LogP) is -11.2. The number of hydrogen-bond donors (Lipinski definition) is 4. The van der Waals surface area contributed by atoms with Gasteiger partial charge in [0, 0.05) is 0 Å². The second-order valence-corrected chi connectivity index (χ2v) is 2.69. The molecule has 0 atom stereocenters. The van der Waals surface area contributed by atoms with Crippen molar-refractivity contribution < 1.29 is 101 Å². The minimum atomic E-state index is -4.67. The molecule has 22 heavy (non-hydrogen) atoms. The second kappa shape index (κ2) is 59.3. The van der Waals surface area contributed by atoms with E-state index < -0.39 is 20.8 Å². The third-order valence-electron chi connectivity index (χ3n) is 0. The van der Waals surface area contributed by atoms with E-state index in [0.717, 1.165) is 0 Å². The molecule has 0 saturated carbocycles. The summed E-state index contributed by atoms with van der Waals surface area (Å²) in [6.45, 7) is 0. The van der Waals surface area contributed by atoms with Gasteiger partial charge in [-0.15, -0.1) is 0 Å². The van der Waals surface area contributed by atoms with Gasteiger partial charge in [0.1, 0.15) is 0 Å². The van der Waals surface area contributed by atoms with Crippen LogP contribution in [-0.4, -0.2) is 101 Å². The molecule has 0 fully saturated rings. The summed E-state index contributed by atoms with van der Waals surface area (Å²) in [5.41, 5.74) is 0. The summed E-state index contributed by atoms with van der Waals surface area (Å²) in [7, 11) is -9.33. The first-order valence-electron chi connectivity index (χ1n) is 1.40. The lowest BCUT2D eigenvalue weighted by Gasteiger charge is -1.68. The minimum Gasteiger partial charge on any atom is -0.412 e. The lowest BCUT2D eigenvalue weighted by Crippen LogP contribution is -1.89. The molecule has 0 aliphatic heterocycles. The summed E-state index contributed by atoms with van der Waals surface area (Å²) < 4.78 is 63.2. The van der Waals surface area contributed by atoms with Gasteiger partial charge in [0.05, 0.1) is 0 Å². The molecule has 0 aliphatic rings. The maximum atomic E-state index is 8.74. The van der Waals surface area contributed by atoms with Gasteiger partial charge in [-0.2, -0.15) is 16.8 Å². The zero-order valence-electron chi connectivity index (χ0n) is 10.2. The number of rotatable bonds is 0. The molecule has 0 spiro atoms. The van der Waals surface area contributed by atoms with Crippen molar-refractivity contribution in [2.75, 3.05) is 0 Å². The highest BCUT2D eigenvalue weighted by molar-refractivity contribution is 7.80. The molecule has 0 aromatic heterocycles. The first-order valence-corrected chi connectivity index (χ1v) is 4.19. The zero-order chi connectivity index (χ0) is 9.00. The molecule has 20 nitrogen and oxygen atoms in total. The monoisotopic (exact) mass is 412 g/mol. The third kappa shape index (κ3) is 11700. The molecule has 0 saturated heterocycles. The Morgan fingerprint density at radius 2 is 0.318 bits per heavy atom. The number of hydrogen-bond acceptors (Lipinski definition) is 4. The first-order chi connectivity index (χ1) is 4.00. The fraction of sp³-hybridized carbons (Fsp3) is 0. The van der Waals surface area contributed by atoms with Crippen molar-refractivity contribution in [3.05, 3.63) is 0 Å². The molecule has 0 aliphatic carbocycles. The summed E-state index contributed by atoms with van der Waals surface area (Å²) in [5.74, 6) is 0. The van der Waals surface area contributed by atoms with E-state index in [-0.39, 0.29) is 65.7 Å². The highest BCUT2D eigenvalue weighted by atomic mass is 32.3. The lowest BCUT2D eigenvalue weighted by atomic mass is 15.8. The van der Waals surface area contributed by atoms with Gasteiger partial charge < -0.3 is 65.7 Å². The van der Waals surface area contributed by atoms with Crippen LogP contribution in [0.2, 0.25) is 0 Å². The van der Waals surface area contributed by atoms with Crippen molar-refractivity contribution in [1.82, 2.24) is 0 Å². The Balaban J connectivity index is -0.00000000314. The first kappa shape index (κ1) is 166. The molecule has 0 aromatic carbocycles. The summed E-state index contributed by atoms with van der Waals surface area (Å²) in [4.78, 5) is 0. The maximum absolute atomic E-state index is 8.74. The van der Waals surface area contributed by atoms with E-state index in [4.69, 9.17) is 35.0 Å². The van der Waals surface area contributed by atoms with Crippen molar-refractivity contribution in [2.24, 2.45) is 0 Å². The molecule has 0 aromatic rings. The highest BCUT2D eigenvalue weighted by Gasteiger charge is 1.85. The van der Waals surface area contributed by atoms with Crippen LogP contribution in [0.3, 0.4) is 0 Å². The highest BCUT2D eigenvalue weighted by Crippen LogP contribution is 1.59. The van der Waals surface area contributed by atoms with E-state index in [1.54, 1.807) is 0 Å². The van der Waals surface area contributed by atoms with Crippen LogP contribution in [-0.2, 0) is 20.8 Å². The van der Waals surface area contributed by atoms with Crippen molar-refractivity contribution in [3.8, 4) is 0 Å². The van der Waals surface area contributed by atoms with Crippen LogP contribution in [0.25, 0.3) is 0 Å². The van der Waals surface area contributed by atoms with Gasteiger partial charge in [0.25, 0.3) is 0 Å². The normalized spacial score (nSPS) is 5.27. The molecular weight excluding hydrogens is 384 g/mol. The van der Waals surface area contributed by atoms with Gasteiger partial charge in [-0.1, -0.05) is 0 Å². The summed E-state index contributed by atoms with van der Waals surface area (Å²) >= 11 is 0. The minimum absolute atomic E-state index is 0. The summed E-state index contributed by atoms with van der Waals surface area (Å²) in [5, 5.41) is 0. The van der Waals surface area contributed by atoms with E-state index in [0.29, 0.717) is 0 Å². The van der Waals surface area contributed by atoms with Crippen LogP contribution in [0.1, 0.15) is 0 Å². The van der Waals surface area contributed by atoms with E-state index in [1.807, 2.05) is 0 Å². The molecule has 28 N–H and O–H groups in total. The van der Waals surface area contributed by atoms with Crippen LogP contribution in [0.4, 0.5) is 0 Å². The maximum Gasteiger partial charge on any atom is 0.394 e. The quantitative estimate of drug-likeness (QED) is 0.276. The van der Waals surface area contributed by atoms with E-state index in [2.05, 4.69) is 0 Å². The van der Waals surface area contributed by atoms with Crippen molar-refractivity contribution in [1.29, 1.82) is 0 Å². The zero-order valence-corrected chi connectivity index (χ0v) is 11.9. The summed E-state index contributed by atoms with van der Waals surface area (Å²) in [6.07, 6.45) is 0. The van der Waals surface area contributed by atoms with Crippen molar-refractivity contribution in [3.63, 3.8) is 0 Å². The topological polar surface area (TPSA) is 527 Å². The Morgan fingerprint density at radius 1 is 0.318 bits per heavy atom. The van der Waals surface area contributed by atoms with Crippen LogP contribution in [0.15, 0.2) is 0 Å². The van der Waals surface area contributed by atoms with Crippen LogP contribution >= 0.6 is 0 Å². The van der Waals surface area contributed by atoms with Gasteiger partial charge in [-0.25, -0.2) is 0 Å². The SMILES string of the molecule is O.O.O.O.O.O.O.O.O.O.O.O.O=S(=O)(O)O.O=S(=O)(O)O. The van der Waals surface area contributed by atoms with Gasteiger partial charge in [0.2, 0.25) is 0 Å². The molecule has 0 unspecified atom stereocenters. The predicted molar refractivity (Wildman–Crippen MR) is 71.7 cm³/mol. The van der Waals surface area contributed by atoms with Crippen LogP contribution in [0, 0.1) is 0 Å².